The molecule has 0 aliphatic carbocycles. The molecule has 0 aromatic heterocycles. The summed E-state index contributed by atoms with van der Waals surface area (Å²) in [6.45, 7) is 1.86. The molecule has 0 aliphatic heterocycles. The fourth-order valence-corrected chi connectivity index (χ4v) is 1.83. The van der Waals surface area contributed by atoms with Gasteiger partial charge in [-0.05, 0) is 19.1 Å². The summed E-state index contributed by atoms with van der Waals surface area (Å²) in [4.78, 5) is 13.1. The Balaban J connectivity index is 2.73. The van der Waals surface area contributed by atoms with Crippen molar-refractivity contribution in [2.75, 3.05) is 7.05 Å². The van der Waals surface area contributed by atoms with E-state index in [-0.39, 0.29) is 5.91 Å². The number of carbonyl (C=O) groups is 1. The fourth-order valence-electron chi connectivity index (χ4n) is 0.975. The molecular weight excluding hydrogens is 194 g/mol. The van der Waals surface area contributed by atoms with Crippen molar-refractivity contribution in [3.05, 3.63) is 41.3 Å². The number of hydrogen-bond donors (Lipinski definition) is 1. The minimum atomic E-state index is -0.0404. The Morgan fingerprint density at radius 1 is 1.36 bits per heavy atom. The van der Waals surface area contributed by atoms with Gasteiger partial charge in [-0.1, -0.05) is 36.0 Å². The van der Waals surface area contributed by atoms with Crippen LogP contribution in [-0.2, 0) is 4.79 Å². The molecule has 0 unspecified atom stereocenters. The van der Waals surface area contributed by atoms with Crippen LogP contribution in [0.15, 0.2) is 46.2 Å². The number of thioether (sulfide) groups is 1. The zero-order chi connectivity index (χ0) is 10.4. The molecule has 0 saturated carbocycles. The highest BCUT2D eigenvalue weighted by Crippen LogP contribution is 2.25. The minimum Gasteiger partial charge on any atom is -0.355 e. The van der Waals surface area contributed by atoms with E-state index in [1.165, 1.54) is 11.8 Å². The van der Waals surface area contributed by atoms with E-state index in [1.807, 2.05) is 43.3 Å². The lowest BCUT2D eigenvalue weighted by Gasteiger charge is -2.04. The number of carbonyl (C=O) groups excluding carboxylic acids is 1. The molecule has 1 aromatic rings. The molecule has 0 saturated heterocycles. The number of rotatable bonds is 3. The van der Waals surface area contributed by atoms with E-state index in [0.29, 0.717) is 0 Å². The lowest BCUT2D eigenvalue weighted by molar-refractivity contribution is -0.116. The molecule has 3 heteroatoms. The number of amides is 1. The zero-order valence-electron chi connectivity index (χ0n) is 8.28. The Kier molecular flexibility index (Phi) is 4.26. The van der Waals surface area contributed by atoms with Gasteiger partial charge in [-0.2, -0.15) is 0 Å². The summed E-state index contributed by atoms with van der Waals surface area (Å²) in [6.07, 6.45) is 1.82. The molecule has 74 valence electrons. The molecule has 0 heterocycles. The summed E-state index contributed by atoms with van der Waals surface area (Å²) in [5.74, 6) is -0.0404. The van der Waals surface area contributed by atoms with Crippen molar-refractivity contribution < 1.29 is 4.79 Å². The number of benzene rings is 1. The van der Waals surface area contributed by atoms with E-state index < -0.39 is 0 Å². The first kappa shape index (κ1) is 10.9. The lowest BCUT2D eigenvalue weighted by atomic mass is 10.4. The normalized spacial score (nSPS) is 11.1. The summed E-state index contributed by atoms with van der Waals surface area (Å²) < 4.78 is 0. The molecule has 2 nitrogen and oxygen atoms in total. The summed E-state index contributed by atoms with van der Waals surface area (Å²) in [5, 5.41) is 2.61. The van der Waals surface area contributed by atoms with Crippen molar-refractivity contribution in [1.82, 2.24) is 5.32 Å². The van der Waals surface area contributed by atoms with Crippen LogP contribution < -0.4 is 5.32 Å². The third kappa shape index (κ3) is 2.92. The average molecular weight is 207 g/mol. The molecular formula is C11H13NOS. The van der Waals surface area contributed by atoms with Crippen LogP contribution in [0.5, 0.6) is 0 Å². The van der Waals surface area contributed by atoms with Gasteiger partial charge in [0.2, 0.25) is 0 Å². The van der Waals surface area contributed by atoms with Crippen LogP contribution in [0, 0.1) is 0 Å². The van der Waals surface area contributed by atoms with Gasteiger partial charge in [0, 0.05) is 11.9 Å². The summed E-state index contributed by atoms with van der Waals surface area (Å²) in [7, 11) is 1.64. The van der Waals surface area contributed by atoms with Crippen LogP contribution in [0.2, 0.25) is 0 Å². The molecule has 0 atom stereocenters. The molecule has 0 bridgehead atoms. The Morgan fingerprint density at radius 2 is 2.00 bits per heavy atom. The number of likely N-dealkylation sites (N-methyl/N-ethyl adjacent to an activating group) is 1. The lowest BCUT2D eigenvalue weighted by Crippen LogP contribution is -2.18. The Labute approximate surface area is 88.4 Å². The van der Waals surface area contributed by atoms with Gasteiger partial charge in [0.25, 0.3) is 5.91 Å². The standard InChI is InChI=1S/C11H13NOS/c1-3-10(11(13)12-2)14-9-7-5-4-6-8-9/h3-8H,1-2H3,(H,12,13)/b10-3-. The Hall–Kier alpha value is -1.22. The third-order valence-electron chi connectivity index (χ3n) is 1.68. The first-order valence-corrected chi connectivity index (χ1v) is 5.21. The molecule has 1 aromatic carbocycles. The summed E-state index contributed by atoms with van der Waals surface area (Å²) in [5.41, 5.74) is 0. The maximum absolute atomic E-state index is 11.3. The zero-order valence-corrected chi connectivity index (χ0v) is 9.10. The van der Waals surface area contributed by atoms with Gasteiger partial charge in [-0.25, -0.2) is 0 Å². The van der Waals surface area contributed by atoms with Crippen LogP contribution >= 0.6 is 11.8 Å². The molecule has 0 fully saturated rings. The molecule has 14 heavy (non-hydrogen) atoms. The van der Waals surface area contributed by atoms with Crippen LogP contribution in [0.3, 0.4) is 0 Å². The van der Waals surface area contributed by atoms with E-state index in [4.69, 9.17) is 0 Å². The smallest absolute Gasteiger partial charge is 0.257 e. The predicted molar refractivity (Wildman–Crippen MR) is 60.1 cm³/mol. The monoisotopic (exact) mass is 207 g/mol. The topological polar surface area (TPSA) is 29.1 Å². The van der Waals surface area contributed by atoms with Crippen molar-refractivity contribution in [2.45, 2.75) is 11.8 Å². The van der Waals surface area contributed by atoms with Crippen LogP contribution in [0.25, 0.3) is 0 Å². The van der Waals surface area contributed by atoms with Crippen LogP contribution in [0.1, 0.15) is 6.92 Å². The van der Waals surface area contributed by atoms with E-state index in [0.717, 1.165) is 9.80 Å². The van der Waals surface area contributed by atoms with Gasteiger partial charge in [0.15, 0.2) is 0 Å². The number of hydrogen-bond acceptors (Lipinski definition) is 2. The van der Waals surface area contributed by atoms with Crippen LogP contribution in [0.4, 0.5) is 0 Å². The van der Waals surface area contributed by atoms with Gasteiger partial charge in [-0.15, -0.1) is 0 Å². The van der Waals surface area contributed by atoms with Gasteiger partial charge >= 0.3 is 0 Å². The highest BCUT2D eigenvalue weighted by molar-refractivity contribution is 8.04. The largest absolute Gasteiger partial charge is 0.355 e. The van der Waals surface area contributed by atoms with Crippen molar-refractivity contribution in [1.29, 1.82) is 0 Å². The average Bonchev–Trinajstić information content (AvgIpc) is 2.26. The number of nitrogens with one attached hydrogen (secondary N) is 1. The molecule has 1 rings (SSSR count). The van der Waals surface area contributed by atoms with Crippen molar-refractivity contribution in [3.8, 4) is 0 Å². The van der Waals surface area contributed by atoms with Gasteiger partial charge in [0.1, 0.15) is 0 Å². The van der Waals surface area contributed by atoms with E-state index in [2.05, 4.69) is 5.32 Å². The third-order valence-corrected chi connectivity index (χ3v) is 2.83. The van der Waals surface area contributed by atoms with Gasteiger partial charge in [0.05, 0.1) is 4.91 Å². The second-order valence-electron chi connectivity index (χ2n) is 2.65. The molecule has 0 aliphatic rings. The Morgan fingerprint density at radius 3 is 2.50 bits per heavy atom. The van der Waals surface area contributed by atoms with E-state index in [1.54, 1.807) is 7.05 Å². The van der Waals surface area contributed by atoms with E-state index >= 15 is 0 Å². The number of allylic oxidation sites excluding steroid dienone is 1. The SMILES string of the molecule is C/C=C(\Sc1ccccc1)C(=O)NC. The quantitative estimate of drug-likeness (QED) is 0.609. The fraction of sp³-hybridized carbons (Fsp3) is 0.182. The molecule has 1 N–H and O–H groups in total. The maximum Gasteiger partial charge on any atom is 0.257 e. The summed E-state index contributed by atoms with van der Waals surface area (Å²) in [6, 6.07) is 9.84. The minimum absolute atomic E-state index is 0.0404. The second kappa shape index (κ2) is 5.50. The molecule has 0 spiro atoms. The molecule has 0 radical (unpaired) electrons. The molecule has 1 amide bonds. The van der Waals surface area contributed by atoms with Crippen molar-refractivity contribution in [2.24, 2.45) is 0 Å². The van der Waals surface area contributed by atoms with E-state index in [9.17, 15) is 4.79 Å². The Bertz CT molecular complexity index is 332. The summed E-state index contributed by atoms with van der Waals surface area (Å²) >= 11 is 1.47. The maximum atomic E-state index is 11.3. The second-order valence-corrected chi connectivity index (χ2v) is 3.76. The van der Waals surface area contributed by atoms with Crippen molar-refractivity contribution in [3.63, 3.8) is 0 Å². The van der Waals surface area contributed by atoms with Gasteiger partial charge < -0.3 is 5.32 Å². The van der Waals surface area contributed by atoms with Crippen molar-refractivity contribution >= 4 is 17.7 Å². The predicted octanol–water partition coefficient (Wildman–Crippen LogP) is 2.43. The highest BCUT2D eigenvalue weighted by atomic mass is 32.2. The first-order valence-electron chi connectivity index (χ1n) is 4.39. The highest BCUT2D eigenvalue weighted by Gasteiger charge is 2.07. The first-order chi connectivity index (χ1) is 6.77. The van der Waals surface area contributed by atoms with Gasteiger partial charge in [-0.3, -0.25) is 4.79 Å². The van der Waals surface area contributed by atoms with Crippen LogP contribution in [-0.4, -0.2) is 13.0 Å².